The van der Waals surface area contributed by atoms with Gasteiger partial charge in [-0.15, -0.1) is 0 Å². The summed E-state index contributed by atoms with van der Waals surface area (Å²) >= 11 is 0. The molecule has 8 rings (SSSR count). The third-order valence-corrected chi connectivity index (χ3v) is 20.8. The van der Waals surface area contributed by atoms with Gasteiger partial charge in [-0.3, -0.25) is 0 Å². The first-order valence-electron chi connectivity index (χ1n) is 28.0. The highest BCUT2D eigenvalue weighted by atomic mass is 16.8. The van der Waals surface area contributed by atoms with Gasteiger partial charge in [0.05, 0.1) is 50.3 Å². The predicted octanol–water partition coefficient (Wildman–Crippen LogP) is -3.23. The SMILES string of the molecule is C[C@H](CC[C@@H](O[C@@H]1O[C@H](CO)[C@@H](O)[C@H](O)[C@H]1O[C@@H]1O[C@H](CO)[C@@H](O)[C@H](O)[C@H]1O)C(C)(C)O)C1CC[C@@]2(C)C3CC=C4C(CC[C@H](O[C@@H]5O[C@H](CO)C(O[C@@H]6O[C@H](CO)[C@@H](O)[C@H](O)[C@H]6O)[C@H](O)[C@H]5O)C4(C)C)[C@]3(C)[C@H](O)C[C@]12C. The molecule has 0 aromatic rings. The minimum Gasteiger partial charge on any atom is -0.394 e. The van der Waals surface area contributed by atoms with Gasteiger partial charge in [-0.2, -0.15) is 0 Å². The van der Waals surface area contributed by atoms with E-state index in [2.05, 4.69) is 47.6 Å². The summed E-state index contributed by atoms with van der Waals surface area (Å²) in [7, 11) is 0. The van der Waals surface area contributed by atoms with E-state index in [-0.39, 0.29) is 40.9 Å². The van der Waals surface area contributed by atoms with E-state index in [0.717, 1.165) is 18.4 Å². The second-order valence-electron chi connectivity index (χ2n) is 25.8. The number of aliphatic hydroxyl groups excluding tert-OH is 15. The van der Waals surface area contributed by atoms with Crippen molar-refractivity contribution in [1.82, 2.24) is 0 Å². The van der Waals surface area contributed by atoms with Gasteiger partial charge in [-0.05, 0) is 99.7 Å². The number of rotatable bonds is 17. The van der Waals surface area contributed by atoms with Gasteiger partial charge in [-0.25, -0.2) is 0 Å². The molecule has 0 amide bonds. The first-order valence-corrected chi connectivity index (χ1v) is 28.0. The summed E-state index contributed by atoms with van der Waals surface area (Å²) in [4.78, 5) is 0. The molecule has 0 bridgehead atoms. The Morgan fingerprint density at radius 2 is 1.04 bits per heavy atom. The highest BCUT2D eigenvalue weighted by Crippen LogP contribution is 2.75. The van der Waals surface area contributed by atoms with Crippen LogP contribution < -0.4 is 0 Å². The molecule has 24 heteroatoms. The molecule has 0 aromatic heterocycles. The highest BCUT2D eigenvalue weighted by Gasteiger charge is 2.70. The second-order valence-corrected chi connectivity index (χ2v) is 25.8. The molecule has 4 aliphatic carbocycles. The van der Waals surface area contributed by atoms with Crippen LogP contribution >= 0.6 is 0 Å². The molecule has 0 aromatic carbocycles. The fourth-order valence-corrected chi connectivity index (χ4v) is 15.7. The summed E-state index contributed by atoms with van der Waals surface area (Å²) in [6.07, 6.45) is -27.1. The van der Waals surface area contributed by atoms with Crippen LogP contribution in [-0.2, 0) is 37.9 Å². The van der Waals surface area contributed by atoms with Crippen molar-refractivity contribution in [2.45, 2.75) is 253 Å². The lowest BCUT2D eigenvalue weighted by atomic mass is 9.38. The van der Waals surface area contributed by atoms with E-state index in [4.69, 9.17) is 37.9 Å². The molecular weight excluding hydrogens is 1030 g/mol. The number of allylic oxidation sites excluding steroid dienone is 1. The molecule has 3 saturated carbocycles. The van der Waals surface area contributed by atoms with E-state index in [9.17, 15) is 81.7 Å². The lowest BCUT2D eigenvalue weighted by molar-refractivity contribution is -0.375. The van der Waals surface area contributed by atoms with Crippen molar-refractivity contribution in [3.8, 4) is 0 Å². The molecule has 16 N–H and O–H groups in total. The molecule has 8 aliphatic rings. The summed E-state index contributed by atoms with van der Waals surface area (Å²) in [5.74, 6) is 0.236. The average molecular weight is 1130 g/mol. The van der Waals surface area contributed by atoms with Gasteiger partial charge in [-0.1, -0.05) is 53.2 Å². The number of fused-ring (bicyclic) bond motifs is 5. The van der Waals surface area contributed by atoms with Gasteiger partial charge >= 0.3 is 0 Å². The average Bonchev–Trinajstić information content (AvgIpc) is 3.07. The van der Waals surface area contributed by atoms with Gasteiger partial charge in [0.15, 0.2) is 25.2 Å². The van der Waals surface area contributed by atoms with Crippen molar-refractivity contribution in [2.75, 3.05) is 26.4 Å². The summed E-state index contributed by atoms with van der Waals surface area (Å²) < 4.78 is 47.6. The molecule has 7 fully saturated rings. The molecule has 4 aliphatic heterocycles. The van der Waals surface area contributed by atoms with Crippen LogP contribution in [0.3, 0.4) is 0 Å². The summed E-state index contributed by atoms with van der Waals surface area (Å²) in [5.41, 5.74) is -2.12. The molecule has 0 spiro atoms. The standard InChI is InChI=1S/C54H92O24/c1-22(9-13-33(51(4,5)70)76-49-45(39(65)36(62)28(20-57)73-49)78-48-42(68)38(64)35(61)27(19-56)72-48)23-15-16-52(6)30-12-10-24-25(54(30,8)31(59)17-53(23,52)7)11-14-32(50(24,2)3)75-46-43(69)40(66)44(29(21-58)74-46)77-47-41(67)37(63)34(60)26(18-55)71-47/h10,22-23,25-49,55-70H,9,11-21H2,1-8H3/t22-,23?,25?,26-,27-,28-,29-,30?,31-,32+,33-,34-,35-,36-,37+,38+,39+,40-,41-,42-,43-,44?,45-,46+,47+,48+,49+,52+,53-,54+/m1/s1. The van der Waals surface area contributed by atoms with Gasteiger partial charge in [0, 0.05) is 10.8 Å². The van der Waals surface area contributed by atoms with Gasteiger partial charge < -0.3 is 120 Å². The minimum atomic E-state index is -1.85. The fourth-order valence-electron chi connectivity index (χ4n) is 15.7. The predicted molar refractivity (Wildman–Crippen MR) is 268 cm³/mol. The Kier molecular flexibility index (Phi) is 19.1. The fraction of sp³-hybridized carbons (Fsp3) is 0.963. The minimum absolute atomic E-state index is 0.0338. The van der Waals surface area contributed by atoms with E-state index in [1.165, 1.54) is 0 Å². The highest BCUT2D eigenvalue weighted by molar-refractivity contribution is 5.32. The molecule has 24 nitrogen and oxygen atoms in total. The molecule has 30 atom stereocenters. The smallest absolute Gasteiger partial charge is 0.187 e. The van der Waals surface area contributed by atoms with E-state index in [1.807, 2.05) is 0 Å². The Morgan fingerprint density at radius 3 is 1.58 bits per heavy atom. The molecule has 452 valence electrons. The number of hydrogen-bond donors (Lipinski definition) is 16. The zero-order chi connectivity index (χ0) is 57.5. The maximum Gasteiger partial charge on any atom is 0.187 e. The Labute approximate surface area is 455 Å². The Morgan fingerprint density at radius 1 is 0.564 bits per heavy atom. The van der Waals surface area contributed by atoms with Crippen LogP contribution in [0.15, 0.2) is 11.6 Å². The third kappa shape index (κ3) is 10.8. The van der Waals surface area contributed by atoms with Gasteiger partial charge in [0.1, 0.15) is 97.7 Å². The topological polar surface area (TPSA) is 398 Å². The molecule has 4 heterocycles. The Hall–Kier alpha value is -1.22. The lowest BCUT2D eigenvalue weighted by Crippen LogP contribution is -2.66. The molecule has 0 radical (unpaired) electrons. The van der Waals surface area contributed by atoms with E-state index in [0.29, 0.717) is 32.1 Å². The zero-order valence-electron chi connectivity index (χ0n) is 46.1. The van der Waals surface area contributed by atoms with Crippen LogP contribution in [0.5, 0.6) is 0 Å². The number of aliphatic hydroxyl groups is 16. The van der Waals surface area contributed by atoms with E-state index >= 15 is 0 Å². The maximum atomic E-state index is 12.7. The summed E-state index contributed by atoms with van der Waals surface area (Å²) in [6, 6.07) is 0. The van der Waals surface area contributed by atoms with E-state index in [1.54, 1.807) is 13.8 Å². The van der Waals surface area contributed by atoms with Crippen molar-refractivity contribution < 1.29 is 120 Å². The molecule has 4 saturated heterocycles. The van der Waals surface area contributed by atoms with Crippen LogP contribution in [0.4, 0.5) is 0 Å². The monoisotopic (exact) mass is 1120 g/mol. The third-order valence-electron chi connectivity index (χ3n) is 20.8. The molecule has 78 heavy (non-hydrogen) atoms. The van der Waals surface area contributed by atoms with Crippen LogP contribution in [0, 0.1) is 45.3 Å². The van der Waals surface area contributed by atoms with Gasteiger partial charge in [0.25, 0.3) is 0 Å². The second kappa shape index (κ2) is 23.7. The van der Waals surface area contributed by atoms with Crippen molar-refractivity contribution in [3.63, 3.8) is 0 Å². The van der Waals surface area contributed by atoms with E-state index < -0.39 is 184 Å². The molecular formula is C54H92O24. The normalized spacial score (nSPS) is 51.4. The Bertz CT molecular complexity index is 2020. The van der Waals surface area contributed by atoms with Gasteiger partial charge in [0.2, 0.25) is 0 Å². The zero-order valence-corrected chi connectivity index (χ0v) is 46.1. The summed E-state index contributed by atoms with van der Waals surface area (Å²) in [5, 5.41) is 172. The first kappa shape index (κ1) is 62.8. The maximum absolute atomic E-state index is 12.7. The Balaban J connectivity index is 0.942. The largest absolute Gasteiger partial charge is 0.394 e. The number of ether oxygens (including phenoxy) is 8. The van der Waals surface area contributed by atoms with Crippen molar-refractivity contribution in [2.24, 2.45) is 45.3 Å². The van der Waals surface area contributed by atoms with Crippen molar-refractivity contribution in [3.05, 3.63) is 11.6 Å². The van der Waals surface area contributed by atoms with Crippen molar-refractivity contribution in [1.29, 1.82) is 0 Å². The number of hydrogen-bond acceptors (Lipinski definition) is 24. The van der Waals surface area contributed by atoms with Crippen LogP contribution in [0.1, 0.15) is 107 Å². The lowest BCUT2D eigenvalue weighted by Gasteiger charge is -2.67. The first-order chi connectivity index (χ1) is 36.5. The summed E-state index contributed by atoms with van der Waals surface area (Å²) in [6.45, 7) is 13.4. The van der Waals surface area contributed by atoms with Crippen LogP contribution in [0.25, 0.3) is 0 Å². The van der Waals surface area contributed by atoms with Crippen molar-refractivity contribution >= 4 is 0 Å². The molecule has 4 unspecified atom stereocenters. The quantitative estimate of drug-likeness (QED) is 0.0637. The van der Waals surface area contributed by atoms with Crippen LogP contribution in [0.2, 0.25) is 0 Å². The van der Waals surface area contributed by atoms with Crippen LogP contribution in [-0.4, -0.2) is 255 Å².